The molecule has 0 bridgehead atoms. The number of hydrogen-bond acceptors (Lipinski definition) is 1. The average Bonchev–Trinajstić information content (AvgIpc) is 2.58. The summed E-state index contributed by atoms with van der Waals surface area (Å²) in [5.41, 5.74) is 11.1. The fraction of sp³-hybridized carbons (Fsp3) is 0.111. The summed E-state index contributed by atoms with van der Waals surface area (Å²) in [5, 5.41) is 4.70. The zero-order valence-corrected chi connectivity index (χ0v) is 7.15. The zero-order chi connectivity index (χ0) is 9.26. The quantitative estimate of drug-likeness (QED) is 0.389. The lowest BCUT2D eigenvalue weighted by Gasteiger charge is -1.99. The van der Waals surface area contributed by atoms with Crippen LogP contribution in [-0.4, -0.2) is 4.98 Å². The third kappa shape index (κ3) is 1.13. The highest BCUT2D eigenvalue weighted by Gasteiger charge is 2.01. The van der Waals surface area contributed by atoms with Gasteiger partial charge in [-0.2, -0.15) is 0 Å². The van der Waals surface area contributed by atoms with E-state index < -0.39 is 0 Å². The minimum atomic E-state index is 0.689. The Labute approximate surface area is 74.8 Å². The molecule has 4 heteroatoms. The van der Waals surface area contributed by atoms with E-state index >= 15 is 0 Å². The zero-order valence-electron chi connectivity index (χ0n) is 7.15. The Balaban J connectivity index is 2.80. The van der Waals surface area contributed by atoms with Crippen molar-refractivity contribution >= 4 is 16.6 Å². The van der Waals surface area contributed by atoms with Gasteiger partial charge in [-0.1, -0.05) is 11.2 Å². The first-order chi connectivity index (χ1) is 6.33. The van der Waals surface area contributed by atoms with Gasteiger partial charge in [0.2, 0.25) is 0 Å². The van der Waals surface area contributed by atoms with Gasteiger partial charge in [-0.3, -0.25) is 0 Å². The molecule has 1 aromatic carbocycles. The van der Waals surface area contributed by atoms with Gasteiger partial charge in [0.25, 0.3) is 0 Å². The second-order valence-electron chi connectivity index (χ2n) is 2.84. The van der Waals surface area contributed by atoms with Crippen LogP contribution in [0.2, 0.25) is 0 Å². The molecule has 0 saturated heterocycles. The van der Waals surface area contributed by atoms with Crippen molar-refractivity contribution in [3.8, 4) is 0 Å². The van der Waals surface area contributed by atoms with Gasteiger partial charge >= 0.3 is 0 Å². The van der Waals surface area contributed by atoms with Crippen molar-refractivity contribution < 1.29 is 0 Å². The maximum Gasteiger partial charge on any atom is 0.0456 e. The van der Waals surface area contributed by atoms with Gasteiger partial charge in [-0.25, -0.2) is 0 Å². The second-order valence-corrected chi connectivity index (χ2v) is 2.84. The minimum absolute atomic E-state index is 0.689. The summed E-state index contributed by atoms with van der Waals surface area (Å²) in [6, 6.07) is 5.70. The number of aromatic nitrogens is 1. The predicted molar refractivity (Wildman–Crippen MR) is 51.8 cm³/mol. The van der Waals surface area contributed by atoms with Gasteiger partial charge in [0.1, 0.15) is 0 Å². The smallest absolute Gasteiger partial charge is 0.0456 e. The first-order valence-corrected chi connectivity index (χ1v) is 3.94. The predicted octanol–water partition coefficient (Wildman–Crippen LogP) is 3.42. The van der Waals surface area contributed by atoms with E-state index in [1.165, 1.54) is 0 Å². The fourth-order valence-electron chi connectivity index (χ4n) is 1.43. The van der Waals surface area contributed by atoms with E-state index in [1.807, 2.05) is 31.3 Å². The monoisotopic (exact) mass is 172 g/mol. The lowest BCUT2D eigenvalue weighted by molar-refractivity contribution is 1.40. The largest absolute Gasteiger partial charge is 0.361 e. The van der Waals surface area contributed by atoms with Crippen molar-refractivity contribution in [1.29, 1.82) is 0 Å². The first kappa shape index (κ1) is 7.71. The molecule has 2 aromatic rings. The normalized spacial score (nSPS) is 9.92. The van der Waals surface area contributed by atoms with Gasteiger partial charge in [-0.15, -0.1) is 0 Å². The van der Waals surface area contributed by atoms with Gasteiger partial charge < -0.3 is 4.98 Å². The SMILES string of the molecule is Cc1c(N=[N+]=[N-])ccc2[nH]ccc12. The van der Waals surface area contributed by atoms with Gasteiger partial charge in [0, 0.05) is 27.7 Å². The molecule has 4 nitrogen and oxygen atoms in total. The number of aryl methyl sites for hydroxylation is 1. The van der Waals surface area contributed by atoms with Crippen molar-refractivity contribution in [2.45, 2.75) is 6.92 Å². The van der Waals surface area contributed by atoms with E-state index in [-0.39, 0.29) is 0 Å². The molecule has 0 amide bonds. The van der Waals surface area contributed by atoms with Crippen molar-refractivity contribution in [3.63, 3.8) is 0 Å². The molecule has 64 valence electrons. The third-order valence-electron chi connectivity index (χ3n) is 2.13. The molecular weight excluding hydrogens is 164 g/mol. The molecule has 0 atom stereocenters. The molecule has 0 spiro atoms. The summed E-state index contributed by atoms with van der Waals surface area (Å²) in [4.78, 5) is 5.87. The Hall–Kier alpha value is -1.93. The summed E-state index contributed by atoms with van der Waals surface area (Å²) in [6.45, 7) is 1.94. The molecule has 0 fully saturated rings. The number of aromatic amines is 1. The average molecular weight is 172 g/mol. The van der Waals surface area contributed by atoms with Gasteiger partial charge in [0.15, 0.2) is 0 Å². The summed E-state index contributed by atoms with van der Waals surface area (Å²) < 4.78 is 0. The maximum absolute atomic E-state index is 8.32. The Morgan fingerprint density at radius 2 is 2.23 bits per heavy atom. The molecular formula is C9H8N4. The summed E-state index contributed by atoms with van der Waals surface area (Å²) in [7, 11) is 0. The number of nitrogens with one attached hydrogen (secondary N) is 1. The summed E-state index contributed by atoms with van der Waals surface area (Å²) in [5.74, 6) is 0. The van der Waals surface area contributed by atoms with Crippen LogP contribution in [0.4, 0.5) is 5.69 Å². The molecule has 0 aliphatic carbocycles. The molecule has 13 heavy (non-hydrogen) atoms. The maximum atomic E-state index is 8.32. The van der Waals surface area contributed by atoms with Crippen LogP contribution in [-0.2, 0) is 0 Å². The Morgan fingerprint density at radius 1 is 1.38 bits per heavy atom. The lowest BCUT2D eigenvalue weighted by Crippen LogP contribution is -1.75. The Morgan fingerprint density at radius 3 is 3.00 bits per heavy atom. The summed E-state index contributed by atoms with van der Waals surface area (Å²) >= 11 is 0. The number of hydrogen-bond donors (Lipinski definition) is 1. The van der Waals surface area contributed by atoms with E-state index in [0.717, 1.165) is 16.5 Å². The van der Waals surface area contributed by atoms with Crippen LogP contribution in [0.5, 0.6) is 0 Å². The summed E-state index contributed by atoms with van der Waals surface area (Å²) in [6.07, 6.45) is 1.87. The Bertz CT molecular complexity index is 491. The molecule has 0 saturated carbocycles. The highest BCUT2D eigenvalue weighted by atomic mass is 15.1. The number of rotatable bonds is 1. The van der Waals surface area contributed by atoms with Crippen LogP contribution in [0.25, 0.3) is 21.3 Å². The highest BCUT2D eigenvalue weighted by molar-refractivity contribution is 5.86. The molecule has 0 radical (unpaired) electrons. The number of H-pyrrole nitrogens is 1. The van der Waals surface area contributed by atoms with Crippen molar-refractivity contribution in [2.75, 3.05) is 0 Å². The van der Waals surface area contributed by atoms with Crippen molar-refractivity contribution in [3.05, 3.63) is 40.4 Å². The number of azide groups is 1. The van der Waals surface area contributed by atoms with E-state index in [0.29, 0.717) is 5.69 Å². The van der Waals surface area contributed by atoms with E-state index in [9.17, 15) is 0 Å². The number of benzene rings is 1. The van der Waals surface area contributed by atoms with Crippen LogP contribution >= 0.6 is 0 Å². The minimum Gasteiger partial charge on any atom is -0.361 e. The van der Waals surface area contributed by atoms with E-state index in [2.05, 4.69) is 15.0 Å². The third-order valence-corrected chi connectivity index (χ3v) is 2.13. The lowest BCUT2D eigenvalue weighted by atomic mass is 10.1. The van der Waals surface area contributed by atoms with Gasteiger partial charge in [-0.05, 0) is 30.2 Å². The van der Waals surface area contributed by atoms with E-state index in [1.54, 1.807) is 0 Å². The van der Waals surface area contributed by atoms with Crippen LogP contribution in [0.3, 0.4) is 0 Å². The van der Waals surface area contributed by atoms with Crippen molar-refractivity contribution in [2.24, 2.45) is 5.11 Å². The van der Waals surface area contributed by atoms with Crippen LogP contribution < -0.4 is 0 Å². The molecule has 1 aromatic heterocycles. The van der Waals surface area contributed by atoms with Crippen LogP contribution in [0, 0.1) is 6.92 Å². The first-order valence-electron chi connectivity index (χ1n) is 3.94. The number of fused-ring (bicyclic) bond motifs is 1. The molecule has 1 N–H and O–H groups in total. The van der Waals surface area contributed by atoms with Gasteiger partial charge in [0.05, 0.1) is 0 Å². The Kier molecular flexibility index (Phi) is 1.69. The standard InChI is InChI=1S/C9H8N4/c1-6-7-4-5-11-9(7)3-2-8(6)12-13-10/h2-5,11H,1H3. The molecule has 0 aliphatic rings. The molecule has 0 aliphatic heterocycles. The van der Waals surface area contributed by atoms with E-state index in [4.69, 9.17) is 5.53 Å². The van der Waals surface area contributed by atoms with Crippen LogP contribution in [0.1, 0.15) is 5.56 Å². The van der Waals surface area contributed by atoms with Crippen LogP contribution in [0.15, 0.2) is 29.5 Å². The topological polar surface area (TPSA) is 64.6 Å². The van der Waals surface area contributed by atoms with Crippen molar-refractivity contribution in [1.82, 2.24) is 4.98 Å². The molecule has 2 rings (SSSR count). The fourth-order valence-corrected chi connectivity index (χ4v) is 1.43. The molecule has 1 heterocycles. The molecule has 0 unspecified atom stereocenters. The second kappa shape index (κ2) is 2.84. The number of nitrogens with zero attached hydrogens (tertiary/aromatic N) is 3. The highest BCUT2D eigenvalue weighted by Crippen LogP contribution is 2.26.